The van der Waals surface area contributed by atoms with Crippen molar-refractivity contribution in [3.8, 4) is 0 Å². The number of halogens is 1. The lowest BCUT2D eigenvalue weighted by atomic mass is 10.3. The van der Waals surface area contributed by atoms with Crippen LogP contribution in [0.25, 0.3) is 0 Å². The standard InChI is InChI=1S/C11H10FN3O2S/c12-8-4-9(13)6-11(5-8)18(16,17)15-10-2-1-3-14-7-10/h1-7,15H,13H2. The predicted octanol–water partition coefficient (Wildman–Crippen LogP) is 1.60. The summed E-state index contributed by atoms with van der Waals surface area (Å²) in [7, 11) is -3.87. The van der Waals surface area contributed by atoms with Gasteiger partial charge in [0.05, 0.1) is 16.8 Å². The molecule has 94 valence electrons. The number of nitrogens with one attached hydrogen (secondary N) is 1. The maximum atomic E-state index is 13.1. The molecule has 0 amide bonds. The van der Waals surface area contributed by atoms with Gasteiger partial charge in [0.2, 0.25) is 0 Å². The molecule has 7 heteroatoms. The summed E-state index contributed by atoms with van der Waals surface area (Å²) in [6.07, 6.45) is 2.86. The summed E-state index contributed by atoms with van der Waals surface area (Å²) in [6.45, 7) is 0. The first-order valence-corrected chi connectivity index (χ1v) is 6.44. The quantitative estimate of drug-likeness (QED) is 0.827. The van der Waals surface area contributed by atoms with Crippen molar-refractivity contribution in [1.29, 1.82) is 0 Å². The first kappa shape index (κ1) is 12.3. The summed E-state index contributed by atoms with van der Waals surface area (Å²) in [6, 6.07) is 6.24. The van der Waals surface area contributed by atoms with Crippen LogP contribution in [0.2, 0.25) is 0 Å². The van der Waals surface area contributed by atoms with Crippen molar-refractivity contribution in [2.75, 3.05) is 10.5 Å². The molecule has 18 heavy (non-hydrogen) atoms. The largest absolute Gasteiger partial charge is 0.399 e. The lowest BCUT2D eigenvalue weighted by Crippen LogP contribution is -2.13. The van der Waals surface area contributed by atoms with E-state index in [0.717, 1.165) is 12.1 Å². The van der Waals surface area contributed by atoms with Crippen LogP contribution >= 0.6 is 0 Å². The van der Waals surface area contributed by atoms with E-state index in [0.29, 0.717) is 5.69 Å². The highest BCUT2D eigenvalue weighted by atomic mass is 32.2. The molecule has 3 N–H and O–H groups in total. The number of benzene rings is 1. The molecule has 0 bridgehead atoms. The Balaban J connectivity index is 2.37. The number of aromatic nitrogens is 1. The van der Waals surface area contributed by atoms with Gasteiger partial charge >= 0.3 is 0 Å². The number of rotatable bonds is 3. The van der Waals surface area contributed by atoms with Crippen LogP contribution in [0.4, 0.5) is 15.8 Å². The first-order chi connectivity index (χ1) is 8.47. The topological polar surface area (TPSA) is 85.1 Å². The van der Waals surface area contributed by atoms with Crippen molar-refractivity contribution in [3.63, 3.8) is 0 Å². The highest BCUT2D eigenvalue weighted by Gasteiger charge is 2.15. The molecular weight excluding hydrogens is 257 g/mol. The second-order valence-corrected chi connectivity index (χ2v) is 5.25. The fourth-order valence-corrected chi connectivity index (χ4v) is 2.48. The van der Waals surface area contributed by atoms with Gasteiger partial charge in [-0.2, -0.15) is 0 Å². The molecule has 1 heterocycles. The zero-order chi connectivity index (χ0) is 13.2. The van der Waals surface area contributed by atoms with E-state index in [-0.39, 0.29) is 10.6 Å². The fraction of sp³-hybridized carbons (Fsp3) is 0. The highest BCUT2D eigenvalue weighted by molar-refractivity contribution is 7.92. The number of hydrogen-bond acceptors (Lipinski definition) is 4. The Labute approximate surface area is 104 Å². The van der Waals surface area contributed by atoms with Gasteiger partial charge < -0.3 is 5.73 Å². The smallest absolute Gasteiger partial charge is 0.262 e. The van der Waals surface area contributed by atoms with Crippen LogP contribution in [-0.4, -0.2) is 13.4 Å². The number of nitrogens with two attached hydrogens (primary N) is 1. The van der Waals surface area contributed by atoms with Crippen LogP contribution in [0.15, 0.2) is 47.6 Å². The summed E-state index contributed by atoms with van der Waals surface area (Å²) in [4.78, 5) is 3.54. The second kappa shape index (κ2) is 4.61. The number of nitrogen functional groups attached to an aromatic ring is 1. The van der Waals surface area contributed by atoms with Crippen LogP contribution in [0, 0.1) is 5.82 Å². The molecule has 1 aromatic heterocycles. The third-order valence-corrected chi connectivity index (χ3v) is 3.48. The molecule has 0 aliphatic heterocycles. The molecule has 0 saturated heterocycles. The van der Waals surface area contributed by atoms with E-state index in [1.54, 1.807) is 6.07 Å². The minimum absolute atomic E-state index is 0.0431. The van der Waals surface area contributed by atoms with Crippen LogP contribution < -0.4 is 10.5 Å². The average molecular weight is 267 g/mol. The van der Waals surface area contributed by atoms with Gasteiger partial charge in [-0.15, -0.1) is 0 Å². The van der Waals surface area contributed by atoms with Gasteiger partial charge in [0.25, 0.3) is 10.0 Å². The monoisotopic (exact) mass is 267 g/mol. The van der Waals surface area contributed by atoms with Crippen LogP contribution in [0.5, 0.6) is 0 Å². The normalized spacial score (nSPS) is 11.2. The summed E-state index contributed by atoms with van der Waals surface area (Å²) < 4.78 is 39.3. The number of anilines is 2. The first-order valence-electron chi connectivity index (χ1n) is 4.96. The highest BCUT2D eigenvalue weighted by Crippen LogP contribution is 2.18. The molecule has 5 nitrogen and oxygen atoms in total. The predicted molar refractivity (Wildman–Crippen MR) is 65.9 cm³/mol. The molecule has 2 rings (SSSR count). The minimum atomic E-state index is -3.87. The third-order valence-electron chi connectivity index (χ3n) is 2.12. The lowest BCUT2D eigenvalue weighted by molar-refractivity contribution is 0.595. The van der Waals surface area contributed by atoms with Gasteiger partial charge in [-0.3, -0.25) is 9.71 Å². The van der Waals surface area contributed by atoms with Crippen molar-refractivity contribution in [2.24, 2.45) is 0 Å². The molecule has 0 aliphatic carbocycles. The van der Waals surface area contributed by atoms with E-state index >= 15 is 0 Å². The fourth-order valence-electron chi connectivity index (χ4n) is 1.38. The number of sulfonamides is 1. The maximum absolute atomic E-state index is 13.1. The average Bonchev–Trinajstić information content (AvgIpc) is 2.28. The summed E-state index contributed by atoms with van der Waals surface area (Å²) in [5.74, 6) is -0.707. The van der Waals surface area contributed by atoms with Gasteiger partial charge in [0, 0.05) is 11.9 Å². The number of nitrogens with zero attached hydrogens (tertiary/aromatic N) is 1. The molecule has 0 unspecified atom stereocenters. The second-order valence-electron chi connectivity index (χ2n) is 3.57. The van der Waals surface area contributed by atoms with E-state index in [2.05, 4.69) is 9.71 Å². The van der Waals surface area contributed by atoms with E-state index in [1.165, 1.54) is 24.5 Å². The summed E-state index contributed by atoms with van der Waals surface area (Å²) in [5.41, 5.74) is 5.74. The molecule has 0 saturated carbocycles. The maximum Gasteiger partial charge on any atom is 0.262 e. The Morgan fingerprint density at radius 3 is 2.67 bits per heavy atom. The van der Waals surface area contributed by atoms with E-state index in [9.17, 15) is 12.8 Å². The number of hydrogen-bond donors (Lipinski definition) is 2. The van der Waals surface area contributed by atoms with Gasteiger partial charge in [0.15, 0.2) is 0 Å². The zero-order valence-electron chi connectivity index (χ0n) is 9.17. The third kappa shape index (κ3) is 2.75. The van der Waals surface area contributed by atoms with Crippen molar-refractivity contribution in [3.05, 3.63) is 48.5 Å². The zero-order valence-corrected chi connectivity index (χ0v) is 9.99. The lowest BCUT2D eigenvalue weighted by Gasteiger charge is -2.08. The minimum Gasteiger partial charge on any atom is -0.399 e. The van der Waals surface area contributed by atoms with Crippen molar-refractivity contribution in [2.45, 2.75) is 4.90 Å². The molecule has 2 aromatic rings. The van der Waals surface area contributed by atoms with E-state index < -0.39 is 15.8 Å². The molecule has 0 fully saturated rings. The Kier molecular flexibility index (Phi) is 3.15. The van der Waals surface area contributed by atoms with Gasteiger partial charge in [0.1, 0.15) is 5.82 Å². The van der Waals surface area contributed by atoms with Gasteiger partial charge in [-0.1, -0.05) is 0 Å². The Morgan fingerprint density at radius 2 is 2.06 bits per heavy atom. The van der Waals surface area contributed by atoms with Crippen LogP contribution in [0.3, 0.4) is 0 Å². The molecule has 1 aromatic carbocycles. The number of pyridine rings is 1. The van der Waals surface area contributed by atoms with Crippen LogP contribution in [-0.2, 0) is 10.0 Å². The molecule has 0 radical (unpaired) electrons. The van der Waals surface area contributed by atoms with Gasteiger partial charge in [-0.05, 0) is 30.3 Å². The summed E-state index contributed by atoms with van der Waals surface area (Å²) >= 11 is 0. The van der Waals surface area contributed by atoms with Crippen molar-refractivity contribution in [1.82, 2.24) is 4.98 Å². The van der Waals surface area contributed by atoms with Crippen molar-refractivity contribution < 1.29 is 12.8 Å². The van der Waals surface area contributed by atoms with E-state index in [4.69, 9.17) is 5.73 Å². The SMILES string of the molecule is Nc1cc(F)cc(S(=O)(=O)Nc2cccnc2)c1. The molecular formula is C11H10FN3O2S. The Hall–Kier alpha value is -2.15. The molecule has 0 atom stereocenters. The van der Waals surface area contributed by atoms with E-state index in [1.807, 2.05) is 0 Å². The Bertz CT molecular complexity index is 639. The summed E-state index contributed by atoms with van der Waals surface area (Å²) in [5, 5.41) is 0. The van der Waals surface area contributed by atoms with Crippen molar-refractivity contribution >= 4 is 21.4 Å². The Morgan fingerprint density at radius 1 is 1.28 bits per heavy atom. The van der Waals surface area contributed by atoms with Gasteiger partial charge in [-0.25, -0.2) is 12.8 Å². The molecule has 0 aliphatic rings. The molecule has 0 spiro atoms. The van der Waals surface area contributed by atoms with Crippen LogP contribution in [0.1, 0.15) is 0 Å².